The van der Waals surface area contributed by atoms with E-state index < -0.39 is 12.0 Å². The molecule has 10 heavy (non-hydrogen) atoms. The zero-order valence-corrected chi connectivity index (χ0v) is 7.82. The molecule has 3 N–H and O–H groups in total. The van der Waals surface area contributed by atoms with Crippen LogP contribution in [0.3, 0.4) is 0 Å². The molecule has 0 aromatic carbocycles. The van der Waals surface area contributed by atoms with Gasteiger partial charge in [-0.15, -0.1) is 12.4 Å². The molecule has 0 fully saturated rings. The highest BCUT2D eigenvalue weighted by Gasteiger charge is 2.08. The minimum absolute atomic E-state index is 0. The minimum atomic E-state index is -0.920. The van der Waals surface area contributed by atoms with E-state index in [1.807, 2.05) is 0 Å². The maximum Gasteiger partial charge on any atom is 0.320 e. The predicted molar refractivity (Wildman–Crippen MR) is 45.9 cm³/mol. The predicted octanol–water partition coefficient (Wildman–Crippen LogP) is 0.995. The Balaban J connectivity index is 0. The van der Waals surface area contributed by atoms with Crippen molar-refractivity contribution in [2.24, 2.45) is 5.73 Å². The number of halogens is 2. The van der Waals surface area contributed by atoms with Crippen LogP contribution in [-0.4, -0.2) is 22.4 Å². The summed E-state index contributed by atoms with van der Waals surface area (Å²) in [6.07, 6.45) is 1.36. The van der Waals surface area contributed by atoms with Gasteiger partial charge < -0.3 is 10.8 Å². The van der Waals surface area contributed by atoms with Crippen molar-refractivity contribution in [3.63, 3.8) is 0 Å². The number of hydrogen-bond donors (Lipinski definition) is 2. The van der Waals surface area contributed by atoms with Gasteiger partial charge in [0.05, 0.1) is 0 Å². The molecule has 0 spiro atoms. The Kier molecular flexibility index (Phi) is 9.38. The van der Waals surface area contributed by atoms with Crippen molar-refractivity contribution in [2.75, 3.05) is 5.33 Å². The van der Waals surface area contributed by atoms with Crippen LogP contribution in [0.1, 0.15) is 12.8 Å². The van der Waals surface area contributed by atoms with Crippen molar-refractivity contribution in [2.45, 2.75) is 18.9 Å². The summed E-state index contributed by atoms with van der Waals surface area (Å²) in [5.74, 6) is -0.920. The highest BCUT2D eigenvalue weighted by molar-refractivity contribution is 9.09. The van der Waals surface area contributed by atoms with Crippen LogP contribution >= 0.6 is 28.3 Å². The fourth-order valence-corrected chi connectivity index (χ4v) is 0.744. The van der Waals surface area contributed by atoms with E-state index in [1.165, 1.54) is 0 Å². The molecule has 0 aromatic heterocycles. The summed E-state index contributed by atoms with van der Waals surface area (Å²) in [7, 11) is 0. The molecule has 0 rings (SSSR count). The number of aliphatic carboxylic acids is 1. The van der Waals surface area contributed by atoms with Gasteiger partial charge in [-0.25, -0.2) is 0 Å². The Morgan fingerprint density at radius 3 is 2.50 bits per heavy atom. The molecule has 0 aromatic rings. The average molecular weight is 233 g/mol. The van der Waals surface area contributed by atoms with Gasteiger partial charge in [-0.05, 0) is 12.8 Å². The molecule has 0 radical (unpaired) electrons. The molecule has 0 saturated heterocycles. The Bertz CT molecular complexity index is 102. The van der Waals surface area contributed by atoms with Crippen LogP contribution in [0.25, 0.3) is 0 Å². The largest absolute Gasteiger partial charge is 0.480 e. The van der Waals surface area contributed by atoms with E-state index in [4.69, 9.17) is 10.8 Å². The van der Waals surface area contributed by atoms with Crippen molar-refractivity contribution in [1.82, 2.24) is 0 Å². The number of nitrogens with two attached hydrogens (primary N) is 1. The lowest BCUT2D eigenvalue weighted by Gasteiger charge is -2.01. The number of rotatable bonds is 4. The Hall–Kier alpha value is 0.200. The second-order valence-corrected chi connectivity index (χ2v) is 2.57. The van der Waals surface area contributed by atoms with E-state index in [0.29, 0.717) is 6.42 Å². The van der Waals surface area contributed by atoms with Gasteiger partial charge in [-0.2, -0.15) is 0 Å². The number of hydrogen-bond acceptors (Lipinski definition) is 2. The van der Waals surface area contributed by atoms with Gasteiger partial charge >= 0.3 is 5.97 Å². The maximum absolute atomic E-state index is 10.1. The lowest BCUT2D eigenvalue weighted by atomic mass is 10.2. The second kappa shape index (κ2) is 7.31. The SMILES string of the molecule is Cl.N[C@H](CCCBr)C(=O)O. The first-order chi connectivity index (χ1) is 4.18. The fourth-order valence-electron chi connectivity index (χ4n) is 0.421. The third-order valence-corrected chi connectivity index (χ3v) is 1.53. The van der Waals surface area contributed by atoms with Crippen LogP contribution in [0.15, 0.2) is 0 Å². The molecule has 0 amide bonds. The minimum Gasteiger partial charge on any atom is -0.480 e. The molecule has 0 unspecified atom stereocenters. The van der Waals surface area contributed by atoms with Gasteiger partial charge in [0.2, 0.25) is 0 Å². The quantitative estimate of drug-likeness (QED) is 0.711. The van der Waals surface area contributed by atoms with Crippen molar-refractivity contribution in [3.05, 3.63) is 0 Å². The molecule has 0 heterocycles. The smallest absolute Gasteiger partial charge is 0.320 e. The number of carboxylic acids is 1. The zero-order valence-electron chi connectivity index (χ0n) is 5.42. The summed E-state index contributed by atoms with van der Waals surface area (Å²) in [5.41, 5.74) is 5.18. The van der Waals surface area contributed by atoms with Crippen molar-refractivity contribution >= 4 is 34.3 Å². The average Bonchev–Trinajstić information content (AvgIpc) is 1.82. The van der Waals surface area contributed by atoms with E-state index in [-0.39, 0.29) is 12.4 Å². The standard InChI is InChI=1S/C5H10BrNO2.ClH/c6-3-1-2-4(7)5(8)9;/h4H,1-3,7H2,(H,8,9);1H/t4-;/m1./s1. The lowest BCUT2D eigenvalue weighted by Crippen LogP contribution is -2.29. The zero-order chi connectivity index (χ0) is 7.28. The van der Waals surface area contributed by atoms with Gasteiger partial charge in [0.25, 0.3) is 0 Å². The molecule has 0 aliphatic carbocycles. The summed E-state index contributed by atoms with van der Waals surface area (Å²) >= 11 is 3.18. The molecule has 1 atom stereocenters. The summed E-state index contributed by atoms with van der Waals surface area (Å²) in [6, 6.07) is -0.692. The van der Waals surface area contributed by atoms with Crippen molar-refractivity contribution in [1.29, 1.82) is 0 Å². The van der Waals surface area contributed by atoms with E-state index in [0.717, 1.165) is 11.8 Å². The molecule has 3 nitrogen and oxygen atoms in total. The molecular weight excluding hydrogens is 221 g/mol. The first kappa shape index (κ1) is 12.8. The van der Waals surface area contributed by atoms with Crippen LogP contribution in [-0.2, 0) is 4.79 Å². The van der Waals surface area contributed by atoms with E-state index in [1.54, 1.807) is 0 Å². The molecule has 0 bridgehead atoms. The molecule has 62 valence electrons. The highest BCUT2D eigenvalue weighted by Crippen LogP contribution is 1.96. The number of alkyl halides is 1. The normalized spacial score (nSPS) is 11.8. The topological polar surface area (TPSA) is 63.3 Å². The maximum atomic E-state index is 10.1. The third kappa shape index (κ3) is 6.32. The Labute approximate surface area is 74.5 Å². The van der Waals surface area contributed by atoms with E-state index in [9.17, 15) is 4.79 Å². The third-order valence-electron chi connectivity index (χ3n) is 0.966. The molecule has 0 aliphatic heterocycles. The first-order valence-corrected chi connectivity index (χ1v) is 3.85. The number of carboxylic acid groups (broad SMARTS) is 1. The fraction of sp³-hybridized carbons (Fsp3) is 0.800. The lowest BCUT2D eigenvalue weighted by molar-refractivity contribution is -0.138. The van der Waals surface area contributed by atoms with Crippen LogP contribution in [0.2, 0.25) is 0 Å². The number of carbonyl (C=O) groups is 1. The Morgan fingerprint density at radius 1 is 1.70 bits per heavy atom. The van der Waals surface area contributed by atoms with Gasteiger partial charge in [-0.3, -0.25) is 4.79 Å². The van der Waals surface area contributed by atoms with E-state index >= 15 is 0 Å². The van der Waals surface area contributed by atoms with Crippen molar-refractivity contribution in [3.8, 4) is 0 Å². The van der Waals surface area contributed by atoms with Gasteiger partial charge in [0, 0.05) is 5.33 Å². The highest BCUT2D eigenvalue weighted by atomic mass is 79.9. The molecule has 5 heteroatoms. The van der Waals surface area contributed by atoms with Crippen LogP contribution in [0, 0.1) is 0 Å². The first-order valence-electron chi connectivity index (χ1n) is 2.73. The van der Waals surface area contributed by atoms with E-state index in [2.05, 4.69) is 15.9 Å². The summed E-state index contributed by atoms with van der Waals surface area (Å²) in [4.78, 5) is 10.1. The van der Waals surface area contributed by atoms with Gasteiger partial charge in [0.15, 0.2) is 0 Å². The summed E-state index contributed by atoms with van der Waals surface area (Å²) < 4.78 is 0. The molecule has 0 saturated carbocycles. The molecule has 0 aliphatic rings. The van der Waals surface area contributed by atoms with Crippen LogP contribution < -0.4 is 5.73 Å². The van der Waals surface area contributed by atoms with Gasteiger partial charge in [-0.1, -0.05) is 15.9 Å². The van der Waals surface area contributed by atoms with Crippen molar-refractivity contribution < 1.29 is 9.90 Å². The molecular formula is C5H11BrClNO2. The summed E-state index contributed by atoms with van der Waals surface area (Å²) in [6.45, 7) is 0. The Morgan fingerprint density at radius 2 is 2.20 bits per heavy atom. The van der Waals surface area contributed by atoms with Crippen LogP contribution in [0.5, 0.6) is 0 Å². The monoisotopic (exact) mass is 231 g/mol. The van der Waals surface area contributed by atoms with Gasteiger partial charge in [0.1, 0.15) is 6.04 Å². The second-order valence-electron chi connectivity index (χ2n) is 1.78. The summed E-state index contributed by atoms with van der Waals surface area (Å²) in [5, 5.41) is 9.08. The van der Waals surface area contributed by atoms with Crippen LogP contribution in [0.4, 0.5) is 0 Å².